The number of anilines is 2. The van der Waals surface area contributed by atoms with Crippen molar-refractivity contribution >= 4 is 40.0 Å². The Morgan fingerprint density at radius 1 is 0.926 bits per heavy atom. The lowest BCUT2D eigenvalue weighted by Gasteiger charge is -2.23. The molecule has 0 saturated carbocycles. The van der Waals surface area contributed by atoms with Gasteiger partial charge in [0, 0.05) is 0 Å². The Balaban J connectivity index is 2.19. The van der Waals surface area contributed by atoms with Crippen LogP contribution in [0.15, 0.2) is 66.7 Å². The van der Waals surface area contributed by atoms with E-state index in [1.807, 2.05) is 24.3 Å². The number of esters is 1. The van der Waals surface area contributed by atoms with Crippen molar-refractivity contribution in [1.82, 2.24) is 0 Å². The van der Waals surface area contributed by atoms with Crippen LogP contribution in [0.25, 0.3) is 10.8 Å². The summed E-state index contributed by atoms with van der Waals surface area (Å²) in [6.45, 7) is 1.63. The Morgan fingerprint density at radius 2 is 1.59 bits per heavy atom. The van der Waals surface area contributed by atoms with Crippen LogP contribution in [0.2, 0.25) is 0 Å². The topological polar surface area (TPSA) is 83.9 Å². The van der Waals surface area contributed by atoms with Crippen LogP contribution in [0.3, 0.4) is 0 Å². The van der Waals surface area contributed by atoms with Gasteiger partial charge in [-0.25, -0.2) is 9.59 Å². The average Bonchev–Trinajstić information content (AvgIpc) is 2.68. The first-order valence-corrected chi connectivity index (χ1v) is 8.35. The number of fused-ring (bicyclic) bond motifs is 1. The highest BCUT2D eigenvalue weighted by Crippen LogP contribution is 2.31. The van der Waals surface area contributed by atoms with Crippen LogP contribution in [-0.4, -0.2) is 29.6 Å². The lowest BCUT2D eigenvalue weighted by Crippen LogP contribution is -2.35. The molecule has 0 aliphatic rings. The molecule has 0 aromatic heterocycles. The van der Waals surface area contributed by atoms with Crippen LogP contribution in [-0.2, 0) is 14.3 Å². The van der Waals surface area contributed by atoms with E-state index in [-0.39, 0.29) is 17.9 Å². The number of para-hydroxylation sites is 1. The van der Waals surface area contributed by atoms with Gasteiger partial charge < -0.3 is 9.84 Å². The molecule has 0 heterocycles. The number of amides is 1. The van der Waals surface area contributed by atoms with Crippen LogP contribution in [0.1, 0.15) is 17.3 Å². The zero-order chi connectivity index (χ0) is 19.4. The fourth-order valence-corrected chi connectivity index (χ4v) is 2.82. The van der Waals surface area contributed by atoms with E-state index >= 15 is 0 Å². The fraction of sp³-hybridized carbons (Fsp3) is 0.0952. The summed E-state index contributed by atoms with van der Waals surface area (Å²) in [6, 6.07) is 18.8. The van der Waals surface area contributed by atoms with Crippen molar-refractivity contribution in [3.63, 3.8) is 0 Å². The number of ether oxygens (including phenoxy) is 1. The molecular formula is C21H17NO5. The highest BCUT2D eigenvalue weighted by Gasteiger charge is 2.29. The number of aromatic carboxylic acids is 1. The van der Waals surface area contributed by atoms with Gasteiger partial charge in [0.25, 0.3) is 0 Å². The Kier molecular flexibility index (Phi) is 5.17. The third kappa shape index (κ3) is 3.64. The first-order valence-electron chi connectivity index (χ1n) is 8.35. The van der Waals surface area contributed by atoms with E-state index in [9.17, 15) is 19.5 Å². The second-order valence-electron chi connectivity index (χ2n) is 5.71. The molecule has 0 unspecified atom stereocenters. The normalized spacial score (nSPS) is 10.4. The number of carbonyl (C=O) groups excluding carboxylic acids is 2. The molecule has 0 aliphatic heterocycles. The Morgan fingerprint density at radius 3 is 2.30 bits per heavy atom. The quantitative estimate of drug-likeness (QED) is 0.563. The zero-order valence-electron chi connectivity index (χ0n) is 14.6. The van der Waals surface area contributed by atoms with E-state index in [0.717, 1.165) is 15.7 Å². The number of hydrogen-bond donors (Lipinski definition) is 1. The summed E-state index contributed by atoms with van der Waals surface area (Å²) in [5.41, 5.74) is 0.377. The molecule has 3 rings (SSSR count). The number of rotatable bonds is 4. The van der Waals surface area contributed by atoms with Crippen molar-refractivity contribution in [2.45, 2.75) is 6.92 Å². The highest BCUT2D eigenvalue weighted by atomic mass is 16.5. The van der Waals surface area contributed by atoms with E-state index in [0.29, 0.717) is 5.69 Å². The minimum atomic E-state index is -1.20. The van der Waals surface area contributed by atoms with E-state index in [4.69, 9.17) is 4.74 Å². The maximum absolute atomic E-state index is 12.8. The fourth-order valence-electron chi connectivity index (χ4n) is 2.82. The molecule has 6 heteroatoms. The summed E-state index contributed by atoms with van der Waals surface area (Å²) in [5.74, 6) is -3.21. The van der Waals surface area contributed by atoms with Crippen molar-refractivity contribution in [2.75, 3.05) is 11.5 Å². The van der Waals surface area contributed by atoms with Gasteiger partial charge in [-0.3, -0.25) is 9.69 Å². The Bertz CT molecular complexity index is 1030. The van der Waals surface area contributed by atoms with Gasteiger partial charge in [0.05, 0.1) is 23.5 Å². The molecule has 27 heavy (non-hydrogen) atoms. The Hall–Kier alpha value is -3.67. The van der Waals surface area contributed by atoms with Gasteiger partial charge in [0.1, 0.15) is 0 Å². The monoisotopic (exact) mass is 363 g/mol. The molecule has 6 nitrogen and oxygen atoms in total. The van der Waals surface area contributed by atoms with Crippen LogP contribution in [0.5, 0.6) is 0 Å². The van der Waals surface area contributed by atoms with Crippen LogP contribution >= 0.6 is 0 Å². The number of benzene rings is 3. The lowest BCUT2D eigenvalue weighted by atomic mass is 10.1. The molecule has 0 aliphatic carbocycles. The van der Waals surface area contributed by atoms with Gasteiger partial charge in [-0.05, 0) is 42.0 Å². The van der Waals surface area contributed by atoms with Gasteiger partial charge in [0.15, 0.2) is 0 Å². The molecule has 3 aromatic carbocycles. The predicted molar refractivity (Wildman–Crippen MR) is 101 cm³/mol. The molecule has 0 radical (unpaired) electrons. The van der Waals surface area contributed by atoms with E-state index in [2.05, 4.69) is 0 Å². The summed E-state index contributed by atoms with van der Waals surface area (Å²) >= 11 is 0. The molecule has 0 saturated heterocycles. The number of carboxylic acid groups (broad SMARTS) is 1. The van der Waals surface area contributed by atoms with Crippen molar-refractivity contribution < 1.29 is 24.2 Å². The van der Waals surface area contributed by atoms with E-state index < -0.39 is 17.8 Å². The van der Waals surface area contributed by atoms with Gasteiger partial charge in [-0.15, -0.1) is 0 Å². The molecule has 0 fully saturated rings. The summed E-state index contributed by atoms with van der Waals surface area (Å²) in [6.07, 6.45) is 0. The van der Waals surface area contributed by atoms with Crippen LogP contribution in [0, 0.1) is 0 Å². The van der Waals surface area contributed by atoms with Crippen LogP contribution < -0.4 is 4.90 Å². The molecule has 1 N–H and O–H groups in total. The molecule has 0 spiro atoms. The van der Waals surface area contributed by atoms with Gasteiger partial charge >= 0.3 is 17.8 Å². The number of nitrogens with zero attached hydrogens (tertiary/aromatic N) is 1. The van der Waals surface area contributed by atoms with Crippen molar-refractivity contribution in [2.24, 2.45) is 0 Å². The zero-order valence-corrected chi connectivity index (χ0v) is 14.6. The summed E-state index contributed by atoms with van der Waals surface area (Å²) < 4.78 is 4.84. The summed E-state index contributed by atoms with van der Waals surface area (Å²) in [5, 5.41) is 11.3. The maximum atomic E-state index is 12.8. The van der Waals surface area contributed by atoms with Gasteiger partial charge in [0.2, 0.25) is 0 Å². The molecule has 136 valence electrons. The van der Waals surface area contributed by atoms with Crippen molar-refractivity contribution in [1.29, 1.82) is 0 Å². The summed E-state index contributed by atoms with van der Waals surface area (Å²) in [4.78, 5) is 37.6. The van der Waals surface area contributed by atoms with Gasteiger partial charge in [-0.1, -0.05) is 42.5 Å². The van der Waals surface area contributed by atoms with Crippen molar-refractivity contribution in [3.8, 4) is 0 Å². The van der Waals surface area contributed by atoms with E-state index in [1.54, 1.807) is 37.3 Å². The molecular weight excluding hydrogens is 346 g/mol. The number of carboxylic acids is 1. The molecule has 1 amide bonds. The van der Waals surface area contributed by atoms with Crippen LogP contribution in [0.4, 0.5) is 11.4 Å². The standard InChI is InChI=1S/C21H17NO5/c1-2-27-21(26)19(23)22(18-10-6-5-9-17(18)20(24)25)16-12-11-14-7-3-4-8-15(14)13-16/h3-13H,2H2,1H3,(H,24,25). The minimum Gasteiger partial charge on any atom is -0.478 e. The third-order valence-corrected chi connectivity index (χ3v) is 4.02. The minimum absolute atomic E-state index is 0.0384. The molecule has 0 atom stereocenters. The largest absolute Gasteiger partial charge is 0.478 e. The van der Waals surface area contributed by atoms with E-state index in [1.165, 1.54) is 12.1 Å². The second-order valence-corrected chi connectivity index (χ2v) is 5.71. The Labute approximate surface area is 155 Å². The second kappa shape index (κ2) is 7.70. The van der Waals surface area contributed by atoms with Gasteiger partial charge in [-0.2, -0.15) is 0 Å². The first kappa shape index (κ1) is 18.1. The summed E-state index contributed by atoms with van der Waals surface area (Å²) in [7, 11) is 0. The average molecular weight is 363 g/mol. The molecule has 3 aromatic rings. The first-order chi connectivity index (χ1) is 13.0. The lowest BCUT2D eigenvalue weighted by molar-refractivity contribution is -0.152. The number of hydrogen-bond acceptors (Lipinski definition) is 4. The smallest absolute Gasteiger partial charge is 0.397 e. The number of carbonyl (C=O) groups is 3. The highest BCUT2D eigenvalue weighted by molar-refractivity contribution is 6.40. The third-order valence-electron chi connectivity index (χ3n) is 4.02. The van der Waals surface area contributed by atoms with Crippen molar-refractivity contribution in [3.05, 3.63) is 72.3 Å². The SMILES string of the molecule is CCOC(=O)C(=O)N(c1ccc2ccccc2c1)c1ccccc1C(=O)O. The maximum Gasteiger partial charge on any atom is 0.397 e. The predicted octanol–water partition coefficient (Wildman–Crippen LogP) is 3.77. The molecule has 0 bridgehead atoms.